The van der Waals surface area contributed by atoms with E-state index < -0.39 is 0 Å². The van der Waals surface area contributed by atoms with Crippen LogP contribution in [0.15, 0.2) is 24.3 Å². The van der Waals surface area contributed by atoms with Gasteiger partial charge in [0.2, 0.25) is 11.8 Å². The van der Waals surface area contributed by atoms with Crippen LogP contribution in [0.1, 0.15) is 50.5 Å². The second kappa shape index (κ2) is 6.93. The second-order valence-corrected chi connectivity index (χ2v) is 8.11. The average Bonchev–Trinajstić information content (AvgIpc) is 3.26. The number of ether oxygens (including phenoxy) is 1. The summed E-state index contributed by atoms with van der Waals surface area (Å²) in [5.74, 6) is 0.868. The first kappa shape index (κ1) is 17.4. The van der Waals surface area contributed by atoms with Crippen LogP contribution < -0.4 is 10.1 Å². The van der Waals surface area contributed by atoms with Crippen molar-refractivity contribution in [1.29, 1.82) is 0 Å². The van der Waals surface area contributed by atoms with E-state index in [-0.39, 0.29) is 23.1 Å². The topological polar surface area (TPSA) is 58.6 Å². The number of rotatable bonds is 6. The summed E-state index contributed by atoms with van der Waals surface area (Å²) in [5.41, 5.74) is 1.29. The van der Waals surface area contributed by atoms with Crippen LogP contribution in [-0.4, -0.2) is 43.0 Å². The number of carbonyl (C=O) groups is 2. The van der Waals surface area contributed by atoms with E-state index in [0.29, 0.717) is 25.6 Å². The number of nitrogens with zero attached hydrogens (tertiary/aromatic N) is 1. The van der Waals surface area contributed by atoms with Gasteiger partial charge in [0.1, 0.15) is 5.75 Å². The highest BCUT2D eigenvalue weighted by molar-refractivity contribution is 5.89. The Labute approximate surface area is 155 Å². The molecule has 0 radical (unpaired) electrons. The third kappa shape index (κ3) is 3.31. The lowest BCUT2D eigenvalue weighted by Gasteiger charge is -2.30. The SMILES string of the molecule is COc1ccc(C2(CNC(=O)[C@@H]3CC(=O)N(C4CC4)C3)CCCC2)cc1. The van der Waals surface area contributed by atoms with Gasteiger partial charge in [-0.1, -0.05) is 25.0 Å². The lowest BCUT2D eigenvalue weighted by Crippen LogP contribution is -2.42. The maximum absolute atomic E-state index is 12.7. The Balaban J connectivity index is 1.40. The van der Waals surface area contributed by atoms with Crippen molar-refractivity contribution in [1.82, 2.24) is 10.2 Å². The van der Waals surface area contributed by atoms with Gasteiger partial charge in [0.15, 0.2) is 0 Å². The molecule has 1 aromatic carbocycles. The van der Waals surface area contributed by atoms with Crippen LogP contribution in [0.25, 0.3) is 0 Å². The Hall–Kier alpha value is -2.04. The Morgan fingerprint density at radius 3 is 2.54 bits per heavy atom. The maximum Gasteiger partial charge on any atom is 0.225 e. The molecule has 0 spiro atoms. The molecule has 5 nitrogen and oxygen atoms in total. The van der Waals surface area contributed by atoms with Gasteiger partial charge in [-0.15, -0.1) is 0 Å². The standard InChI is InChI=1S/C21H28N2O3/c1-26-18-8-4-16(5-9-18)21(10-2-3-11-21)14-22-20(25)15-12-19(24)23(13-15)17-6-7-17/h4-5,8-9,15,17H,2-3,6-7,10-14H2,1H3,(H,22,25)/t15-/m1/s1. The van der Waals surface area contributed by atoms with Gasteiger partial charge < -0.3 is 15.0 Å². The molecule has 2 saturated carbocycles. The summed E-state index contributed by atoms with van der Waals surface area (Å²) >= 11 is 0. The molecular weight excluding hydrogens is 328 g/mol. The smallest absolute Gasteiger partial charge is 0.225 e. The fraction of sp³-hybridized carbons (Fsp3) is 0.619. The number of methoxy groups -OCH3 is 1. The molecule has 0 bridgehead atoms. The minimum Gasteiger partial charge on any atom is -0.497 e. The van der Waals surface area contributed by atoms with Gasteiger partial charge in [-0.2, -0.15) is 0 Å². The van der Waals surface area contributed by atoms with Crippen LogP contribution in [-0.2, 0) is 15.0 Å². The fourth-order valence-corrected chi connectivity index (χ4v) is 4.61. The monoisotopic (exact) mass is 356 g/mol. The van der Waals surface area contributed by atoms with E-state index in [1.807, 2.05) is 17.0 Å². The molecule has 2 aliphatic carbocycles. The number of benzene rings is 1. The molecule has 4 rings (SSSR count). The molecule has 0 aromatic heterocycles. The summed E-state index contributed by atoms with van der Waals surface area (Å²) in [4.78, 5) is 26.7. The first-order valence-electron chi connectivity index (χ1n) is 9.83. The minimum atomic E-state index is -0.183. The van der Waals surface area contributed by atoms with Crippen molar-refractivity contribution in [3.63, 3.8) is 0 Å². The molecule has 2 amide bonds. The average molecular weight is 356 g/mol. The van der Waals surface area contributed by atoms with Crippen LogP contribution in [0, 0.1) is 5.92 Å². The van der Waals surface area contributed by atoms with Crippen molar-refractivity contribution in [2.24, 2.45) is 5.92 Å². The lowest BCUT2D eigenvalue weighted by atomic mass is 9.78. The van der Waals surface area contributed by atoms with Gasteiger partial charge in [0.25, 0.3) is 0 Å². The highest BCUT2D eigenvalue weighted by Gasteiger charge is 2.42. The highest BCUT2D eigenvalue weighted by atomic mass is 16.5. The number of carbonyl (C=O) groups excluding carboxylic acids is 2. The first-order chi connectivity index (χ1) is 12.6. The molecule has 1 N–H and O–H groups in total. The van der Waals surface area contributed by atoms with Crippen LogP contribution >= 0.6 is 0 Å². The lowest BCUT2D eigenvalue weighted by molar-refractivity contribution is -0.129. The minimum absolute atomic E-state index is 0.0146. The number of hydrogen-bond donors (Lipinski definition) is 1. The zero-order chi connectivity index (χ0) is 18.1. The van der Waals surface area contributed by atoms with Gasteiger partial charge in [-0.3, -0.25) is 9.59 Å². The predicted octanol–water partition coefficient (Wildman–Crippen LogP) is 2.63. The van der Waals surface area contributed by atoms with Crippen molar-refractivity contribution < 1.29 is 14.3 Å². The number of hydrogen-bond acceptors (Lipinski definition) is 3. The van der Waals surface area contributed by atoms with E-state index in [9.17, 15) is 9.59 Å². The largest absolute Gasteiger partial charge is 0.497 e. The van der Waals surface area contributed by atoms with E-state index >= 15 is 0 Å². The molecule has 3 aliphatic rings. The molecule has 1 heterocycles. The summed E-state index contributed by atoms with van der Waals surface area (Å²) < 4.78 is 5.27. The third-order valence-corrected chi connectivity index (χ3v) is 6.38. The molecule has 1 atom stereocenters. The summed E-state index contributed by atoms with van der Waals surface area (Å²) in [5, 5.41) is 3.19. The zero-order valence-electron chi connectivity index (χ0n) is 15.5. The molecule has 1 aliphatic heterocycles. The Morgan fingerprint density at radius 2 is 1.92 bits per heavy atom. The van der Waals surface area contributed by atoms with Crippen molar-refractivity contribution >= 4 is 11.8 Å². The number of amides is 2. The van der Waals surface area contributed by atoms with Gasteiger partial charge in [0.05, 0.1) is 13.0 Å². The third-order valence-electron chi connectivity index (χ3n) is 6.38. The van der Waals surface area contributed by atoms with Gasteiger partial charge >= 0.3 is 0 Å². The normalized spacial score (nSPS) is 24.7. The molecule has 3 fully saturated rings. The van der Waals surface area contributed by atoms with E-state index in [1.165, 1.54) is 18.4 Å². The van der Waals surface area contributed by atoms with E-state index in [4.69, 9.17) is 4.74 Å². The Kier molecular flexibility index (Phi) is 4.63. The molecule has 5 heteroatoms. The van der Waals surface area contributed by atoms with E-state index in [1.54, 1.807) is 7.11 Å². The van der Waals surface area contributed by atoms with Crippen LogP contribution in [0.5, 0.6) is 5.75 Å². The second-order valence-electron chi connectivity index (χ2n) is 8.11. The molecule has 1 saturated heterocycles. The predicted molar refractivity (Wildman–Crippen MR) is 99.0 cm³/mol. The van der Waals surface area contributed by atoms with Crippen LogP contribution in [0.2, 0.25) is 0 Å². The van der Waals surface area contributed by atoms with Crippen molar-refractivity contribution in [2.75, 3.05) is 20.2 Å². The molecule has 0 unspecified atom stereocenters. The van der Waals surface area contributed by atoms with Crippen molar-refractivity contribution in [2.45, 2.75) is 56.4 Å². The summed E-state index contributed by atoms with van der Waals surface area (Å²) in [6, 6.07) is 8.66. The van der Waals surface area contributed by atoms with Crippen LogP contribution in [0.3, 0.4) is 0 Å². The highest BCUT2D eigenvalue weighted by Crippen LogP contribution is 2.41. The van der Waals surface area contributed by atoms with E-state index in [2.05, 4.69) is 17.4 Å². The van der Waals surface area contributed by atoms with Crippen molar-refractivity contribution in [3.05, 3.63) is 29.8 Å². The summed E-state index contributed by atoms with van der Waals surface area (Å²) in [6.07, 6.45) is 7.15. The number of nitrogens with one attached hydrogen (secondary N) is 1. The first-order valence-corrected chi connectivity index (χ1v) is 9.83. The molecule has 26 heavy (non-hydrogen) atoms. The fourth-order valence-electron chi connectivity index (χ4n) is 4.61. The quantitative estimate of drug-likeness (QED) is 0.852. The summed E-state index contributed by atoms with van der Waals surface area (Å²) in [6.45, 7) is 1.26. The molecular formula is C21H28N2O3. The molecule has 1 aromatic rings. The van der Waals surface area contributed by atoms with Crippen LogP contribution in [0.4, 0.5) is 0 Å². The Bertz CT molecular complexity index is 675. The maximum atomic E-state index is 12.7. The van der Waals surface area contributed by atoms with Gasteiger partial charge in [-0.05, 0) is 43.4 Å². The van der Waals surface area contributed by atoms with Crippen molar-refractivity contribution in [3.8, 4) is 5.75 Å². The van der Waals surface area contributed by atoms with E-state index in [0.717, 1.165) is 31.4 Å². The summed E-state index contributed by atoms with van der Waals surface area (Å²) in [7, 11) is 1.67. The van der Waals surface area contributed by atoms with Gasteiger partial charge in [0, 0.05) is 31.0 Å². The number of likely N-dealkylation sites (tertiary alicyclic amines) is 1. The zero-order valence-corrected chi connectivity index (χ0v) is 15.5. The van der Waals surface area contributed by atoms with Gasteiger partial charge in [-0.25, -0.2) is 0 Å². The molecule has 140 valence electrons. The Morgan fingerprint density at radius 1 is 1.23 bits per heavy atom.